The van der Waals surface area contributed by atoms with Crippen LogP contribution in [-0.2, 0) is 16.2 Å². The van der Waals surface area contributed by atoms with E-state index in [4.69, 9.17) is 4.42 Å². The molecule has 9 aromatic rings. The molecule has 0 bridgehead atoms. The minimum Gasteiger partial charge on any atom is -0.456 e. The molecule has 0 radical (unpaired) electrons. The van der Waals surface area contributed by atoms with Crippen molar-refractivity contribution in [2.75, 3.05) is 9.80 Å². The number of anilines is 5. The van der Waals surface area contributed by atoms with Gasteiger partial charge in [-0.2, -0.15) is 0 Å². The molecule has 11 rings (SSSR count). The molecule has 0 aliphatic heterocycles. The maximum Gasteiger partial charge on any atom is 0.137 e. The Labute approximate surface area is 366 Å². The molecule has 1 aromatic heterocycles. The van der Waals surface area contributed by atoms with Crippen molar-refractivity contribution in [3.8, 4) is 22.3 Å². The number of nitrogens with zero attached hydrogens (tertiary/aromatic N) is 2. The molecule has 2 aliphatic rings. The molecule has 8 aromatic carbocycles. The highest BCUT2D eigenvalue weighted by atomic mass is 16.3. The Bertz CT molecular complexity index is 3260. The summed E-state index contributed by atoms with van der Waals surface area (Å²) in [6.07, 6.45) is 0. The van der Waals surface area contributed by atoms with Crippen LogP contribution in [0.1, 0.15) is 90.1 Å². The van der Waals surface area contributed by atoms with Gasteiger partial charge >= 0.3 is 0 Å². The third-order valence-corrected chi connectivity index (χ3v) is 14.1. The first kappa shape index (κ1) is 38.3. The molecule has 0 fully saturated rings. The van der Waals surface area contributed by atoms with E-state index in [0.717, 1.165) is 44.4 Å². The van der Waals surface area contributed by atoms with Gasteiger partial charge in [-0.25, -0.2) is 0 Å². The van der Waals surface area contributed by atoms with Gasteiger partial charge in [0, 0.05) is 62.1 Å². The summed E-state index contributed by atoms with van der Waals surface area (Å²) in [6.45, 7) is 20.8. The molecule has 0 spiro atoms. The van der Waals surface area contributed by atoms with Crippen molar-refractivity contribution in [1.82, 2.24) is 0 Å². The Hall–Kier alpha value is -6.58. The summed E-state index contributed by atoms with van der Waals surface area (Å²) < 4.78 is 6.83. The Balaban J connectivity index is 0.995. The molecule has 0 unspecified atom stereocenters. The van der Waals surface area contributed by atoms with E-state index in [0.29, 0.717) is 0 Å². The molecule has 0 amide bonds. The SMILES string of the molecule is CC(C)N(c1ccc2c(c1)C(C)(C)c1ccccc1-2)c1ccc2cc3c(cc2c1)oc1cc(N(c2ccc(C(C)(C)C)cc2)c2ccc4c(c2)C(C)(C)c2ccccc2-4)ccc13. The molecule has 0 saturated heterocycles. The summed E-state index contributed by atoms with van der Waals surface area (Å²) >= 11 is 0. The highest BCUT2D eigenvalue weighted by Crippen LogP contribution is 2.52. The maximum atomic E-state index is 6.83. The predicted octanol–water partition coefficient (Wildman–Crippen LogP) is 16.7. The fourth-order valence-electron chi connectivity index (χ4n) is 10.8. The van der Waals surface area contributed by atoms with Crippen LogP contribution in [-0.4, -0.2) is 6.04 Å². The quantitative estimate of drug-likeness (QED) is 0.167. The zero-order valence-corrected chi connectivity index (χ0v) is 37.4. The number of hydrogen-bond acceptors (Lipinski definition) is 3. The van der Waals surface area contributed by atoms with Crippen molar-refractivity contribution < 1.29 is 4.42 Å². The van der Waals surface area contributed by atoms with Crippen molar-refractivity contribution in [3.63, 3.8) is 0 Å². The molecular weight excluding hydrogens is 753 g/mol. The highest BCUT2D eigenvalue weighted by Gasteiger charge is 2.37. The third-order valence-electron chi connectivity index (χ3n) is 14.1. The molecule has 306 valence electrons. The van der Waals surface area contributed by atoms with Crippen LogP contribution in [0.15, 0.2) is 162 Å². The van der Waals surface area contributed by atoms with Crippen LogP contribution in [0.25, 0.3) is 55.0 Å². The topological polar surface area (TPSA) is 19.6 Å². The minimum atomic E-state index is -0.106. The molecule has 1 heterocycles. The first-order valence-electron chi connectivity index (χ1n) is 22.3. The fourth-order valence-corrected chi connectivity index (χ4v) is 10.8. The predicted molar refractivity (Wildman–Crippen MR) is 263 cm³/mol. The smallest absolute Gasteiger partial charge is 0.137 e. The maximum absolute atomic E-state index is 6.83. The largest absolute Gasteiger partial charge is 0.456 e. The van der Waals surface area contributed by atoms with Crippen molar-refractivity contribution in [3.05, 3.63) is 186 Å². The van der Waals surface area contributed by atoms with Gasteiger partial charge in [-0.15, -0.1) is 0 Å². The normalized spacial score (nSPS) is 14.6. The van der Waals surface area contributed by atoms with E-state index in [1.165, 1.54) is 66.8 Å². The summed E-state index contributed by atoms with van der Waals surface area (Å²) in [5.74, 6) is 0. The van der Waals surface area contributed by atoms with Crippen LogP contribution < -0.4 is 9.80 Å². The van der Waals surface area contributed by atoms with Crippen molar-refractivity contribution in [1.29, 1.82) is 0 Å². The number of fused-ring (bicyclic) bond motifs is 10. The number of hydrogen-bond donors (Lipinski definition) is 0. The first-order chi connectivity index (χ1) is 29.7. The van der Waals surface area contributed by atoms with E-state index in [-0.39, 0.29) is 22.3 Å². The van der Waals surface area contributed by atoms with Gasteiger partial charge in [-0.1, -0.05) is 127 Å². The average molecular weight is 807 g/mol. The summed E-state index contributed by atoms with van der Waals surface area (Å²) in [5, 5.41) is 4.61. The van der Waals surface area contributed by atoms with Crippen LogP contribution in [0.3, 0.4) is 0 Å². The number of furan rings is 1. The lowest BCUT2D eigenvalue weighted by atomic mass is 9.82. The standard InChI is InChI=1S/C59H54N2O/c1-36(2)60(42-24-27-47-45-14-10-12-16-51(45)58(6,7)53(47)33-42)41-21-18-37-31-50-49-29-26-44(35-56(49)62-55(50)32-38(37)30-41)61(40-22-19-39(20-23-40)57(3,4)5)43-25-28-48-46-15-11-13-17-52(46)59(8,9)54(48)34-43/h10-36H,1-9H3. The van der Waals surface area contributed by atoms with Gasteiger partial charge in [-0.3, -0.25) is 0 Å². The second-order valence-corrected chi connectivity index (χ2v) is 20.1. The number of rotatable bonds is 6. The Morgan fingerprint density at radius 2 is 0.935 bits per heavy atom. The van der Waals surface area contributed by atoms with E-state index in [9.17, 15) is 0 Å². The van der Waals surface area contributed by atoms with Gasteiger partial charge in [0.25, 0.3) is 0 Å². The minimum absolute atomic E-state index is 0.0563. The van der Waals surface area contributed by atoms with Gasteiger partial charge in [0.2, 0.25) is 0 Å². The molecule has 0 N–H and O–H groups in total. The Morgan fingerprint density at radius 3 is 1.56 bits per heavy atom. The highest BCUT2D eigenvalue weighted by molar-refractivity contribution is 6.11. The zero-order chi connectivity index (χ0) is 42.9. The van der Waals surface area contributed by atoms with Crippen LogP contribution >= 0.6 is 0 Å². The fraction of sp³-hybridized carbons (Fsp3) is 0.220. The molecule has 0 saturated carbocycles. The van der Waals surface area contributed by atoms with Crippen molar-refractivity contribution in [2.24, 2.45) is 0 Å². The van der Waals surface area contributed by atoms with Crippen LogP contribution in [0, 0.1) is 0 Å². The molecule has 3 heteroatoms. The average Bonchev–Trinajstić information content (AvgIpc) is 3.81. The summed E-state index contributed by atoms with van der Waals surface area (Å²) in [7, 11) is 0. The van der Waals surface area contributed by atoms with E-state index in [1.54, 1.807) is 0 Å². The lowest BCUT2D eigenvalue weighted by Crippen LogP contribution is -2.26. The van der Waals surface area contributed by atoms with E-state index >= 15 is 0 Å². The lowest BCUT2D eigenvalue weighted by molar-refractivity contribution is 0.590. The zero-order valence-electron chi connectivity index (χ0n) is 37.4. The van der Waals surface area contributed by atoms with Gasteiger partial charge in [0.05, 0.1) is 0 Å². The second-order valence-electron chi connectivity index (χ2n) is 20.1. The van der Waals surface area contributed by atoms with Crippen LogP contribution in [0.2, 0.25) is 0 Å². The molecule has 2 aliphatic carbocycles. The molecule has 3 nitrogen and oxygen atoms in total. The Kier molecular flexibility index (Phi) is 8.32. The lowest BCUT2D eigenvalue weighted by Gasteiger charge is -2.31. The van der Waals surface area contributed by atoms with Gasteiger partial charge in [0.15, 0.2) is 0 Å². The summed E-state index contributed by atoms with van der Waals surface area (Å²) in [4.78, 5) is 4.86. The monoisotopic (exact) mass is 806 g/mol. The van der Waals surface area contributed by atoms with Crippen molar-refractivity contribution in [2.45, 2.75) is 84.6 Å². The van der Waals surface area contributed by atoms with E-state index in [2.05, 4.69) is 230 Å². The van der Waals surface area contributed by atoms with Crippen LogP contribution in [0.5, 0.6) is 0 Å². The molecular formula is C59H54N2O. The number of benzene rings is 8. The van der Waals surface area contributed by atoms with Gasteiger partial charge in [-0.05, 0) is 153 Å². The van der Waals surface area contributed by atoms with Crippen molar-refractivity contribution >= 4 is 61.1 Å². The summed E-state index contributed by atoms with van der Waals surface area (Å²) in [5.41, 5.74) is 19.5. The van der Waals surface area contributed by atoms with Crippen LogP contribution in [0.4, 0.5) is 28.4 Å². The Morgan fingerprint density at radius 1 is 0.435 bits per heavy atom. The first-order valence-corrected chi connectivity index (χ1v) is 22.3. The van der Waals surface area contributed by atoms with E-state index < -0.39 is 0 Å². The van der Waals surface area contributed by atoms with Gasteiger partial charge in [0.1, 0.15) is 11.2 Å². The molecule has 62 heavy (non-hydrogen) atoms. The molecule has 0 atom stereocenters. The third kappa shape index (κ3) is 5.78. The second kappa shape index (κ2) is 13.5. The van der Waals surface area contributed by atoms with Gasteiger partial charge < -0.3 is 14.2 Å². The summed E-state index contributed by atoms with van der Waals surface area (Å²) in [6, 6.07) is 59.3. The van der Waals surface area contributed by atoms with E-state index in [1.807, 2.05) is 0 Å².